The molecule has 0 radical (unpaired) electrons. The molecule has 2 fully saturated rings. The summed E-state index contributed by atoms with van der Waals surface area (Å²) in [6.45, 7) is 0. The molecule has 1 spiro atoms. The van der Waals surface area contributed by atoms with Crippen LogP contribution in [0, 0.1) is 0 Å². The fourth-order valence-electron chi connectivity index (χ4n) is 0.928. The predicted octanol–water partition coefficient (Wildman–Crippen LogP) is -3.53. The highest BCUT2D eigenvalue weighted by Crippen LogP contribution is 2.48. The molecule has 11 nitrogen and oxygen atoms in total. The SMILES string of the molecule is O=P(O)(O)O[Si]1(O)O[Si]2(O[Si](O)(O)O2)O1. The van der Waals surface area contributed by atoms with Crippen molar-refractivity contribution in [2.45, 2.75) is 0 Å². The summed E-state index contributed by atoms with van der Waals surface area (Å²) in [4.78, 5) is 43.1. The van der Waals surface area contributed by atoms with Crippen LogP contribution in [0.25, 0.3) is 0 Å². The van der Waals surface area contributed by atoms with E-state index in [0.717, 1.165) is 0 Å². The molecule has 0 aliphatic carbocycles. The Hall–Kier alpha value is 0.481. The molecule has 15 heteroatoms. The zero-order chi connectivity index (χ0) is 11.5. The Labute approximate surface area is 85.1 Å². The van der Waals surface area contributed by atoms with Crippen LogP contribution in [0.5, 0.6) is 0 Å². The molecule has 0 aromatic rings. The maximum atomic E-state index is 10.3. The second kappa shape index (κ2) is 3.03. The zero-order valence-corrected chi connectivity index (χ0v) is 10.5. The van der Waals surface area contributed by atoms with Crippen LogP contribution in [0.15, 0.2) is 0 Å². The molecule has 2 aliphatic heterocycles. The molecule has 2 heterocycles. The number of phosphoric acid groups is 1. The Morgan fingerprint density at radius 2 is 1.47 bits per heavy atom. The third-order valence-corrected chi connectivity index (χ3v) is 11.3. The maximum Gasteiger partial charge on any atom is 0.673 e. The predicted molar refractivity (Wildman–Crippen MR) is 41.4 cm³/mol. The van der Waals surface area contributed by atoms with Crippen molar-refractivity contribution in [1.29, 1.82) is 0 Å². The third kappa shape index (κ3) is 2.43. The van der Waals surface area contributed by atoms with E-state index in [1.807, 2.05) is 0 Å². The van der Waals surface area contributed by atoms with Gasteiger partial charge in [0.15, 0.2) is 0 Å². The lowest BCUT2D eigenvalue weighted by atomic mass is 15.5. The molecule has 0 atom stereocenters. The molecular formula is H5O11PSi3. The third-order valence-electron chi connectivity index (χ3n) is 1.26. The first-order chi connectivity index (χ1) is 6.54. The van der Waals surface area contributed by atoms with Crippen LogP contribution in [0.2, 0.25) is 0 Å². The van der Waals surface area contributed by atoms with E-state index < -0.39 is 35.0 Å². The monoisotopic (exact) mass is 296 g/mol. The largest absolute Gasteiger partial charge is 0.673 e. The summed E-state index contributed by atoms with van der Waals surface area (Å²) in [6, 6.07) is 0. The van der Waals surface area contributed by atoms with Crippen molar-refractivity contribution in [2.24, 2.45) is 0 Å². The summed E-state index contributed by atoms with van der Waals surface area (Å²) in [7, 11) is -17.4. The fraction of sp³-hybridized carbons (Fsp3) is 0. The van der Waals surface area contributed by atoms with E-state index >= 15 is 0 Å². The molecule has 2 aliphatic rings. The highest BCUT2D eigenvalue weighted by atomic mass is 31.2. The smallest absolute Gasteiger partial charge is 0.368 e. The van der Waals surface area contributed by atoms with Gasteiger partial charge >= 0.3 is 35.0 Å². The van der Waals surface area contributed by atoms with Crippen LogP contribution < -0.4 is 0 Å². The highest BCUT2D eigenvalue weighted by molar-refractivity contribution is 7.48. The molecule has 0 amide bonds. The van der Waals surface area contributed by atoms with Crippen molar-refractivity contribution >= 4 is 35.0 Å². The summed E-state index contributed by atoms with van der Waals surface area (Å²) >= 11 is 0. The summed E-state index contributed by atoms with van der Waals surface area (Å²) in [5.41, 5.74) is 0. The zero-order valence-electron chi connectivity index (χ0n) is 6.63. The standard InChI is InChI=1S/H5O11PSi3/c1-12(2,3)7-14(6)10-15(11-14)8-13(4,5)9-15/h4-6H,(H2,1,2,3). The second-order valence-corrected chi connectivity index (χ2v) is 10.7. The molecule has 0 aromatic carbocycles. The number of hydrogen-bond donors (Lipinski definition) is 5. The van der Waals surface area contributed by atoms with Gasteiger partial charge in [-0.15, -0.1) is 0 Å². The van der Waals surface area contributed by atoms with Gasteiger partial charge in [0.1, 0.15) is 0 Å². The van der Waals surface area contributed by atoms with Gasteiger partial charge in [0.2, 0.25) is 0 Å². The lowest BCUT2D eigenvalue weighted by Crippen LogP contribution is -2.86. The minimum Gasteiger partial charge on any atom is -0.368 e. The first-order valence-corrected chi connectivity index (χ1v) is 9.82. The number of rotatable bonds is 2. The molecule has 0 aromatic heterocycles. The van der Waals surface area contributed by atoms with E-state index in [1.54, 1.807) is 0 Å². The van der Waals surface area contributed by atoms with Crippen molar-refractivity contribution in [3.63, 3.8) is 0 Å². The van der Waals surface area contributed by atoms with Gasteiger partial charge in [-0.2, -0.15) is 0 Å². The van der Waals surface area contributed by atoms with Crippen LogP contribution in [-0.4, -0.2) is 51.3 Å². The van der Waals surface area contributed by atoms with Crippen LogP contribution in [0.4, 0.5) is 0 Å². The molecule has 5 N–H and O–H groups in total. The molecule has 88 valence electrons. The topological polar surface area (TPSA) is 164 Å². The van der Waals surface area contributed by atoms with E-state index in [1.165, 1.54) is 0 Å². The Kier molecular flexibility index (Phi) is 2.41. The van der Waals surface area contributed by atoms with Crippen LogP contribution in [0.1, 0.15) is 0 Å². The molecule has 2 rings (SSSR count). The van der Waals surface area contributed by atoms with Crippen LogP contribution >= 0.6 is 7.82 Å². The summed E-state index contributed by atoms with van der Waals surface area (Å²) in [6.07, 6.45) is 0. The quantitative estimate of drug-likeness (QED) is 0.253. The minimum absolute atomic E-state index is 3.76. The van der Waals surface area contributed by atoms with Crippen LogP contribution in [0.3, 0.4) is 0 Å². The van der Waals surface area contributed by atoms with Gasteiger partial charge in [-0.1, -0.05) is 0 Å². The molecular weight excluding hydrogens is 291 g/mol. The van der Waals surface area contributed by atoms with Gasteiger partial charge in [-0.05, 0) is 0 Å². The van der Waals surface area contributed by atoms with Crippen molar-refractivity contribution in [1.82, 2.24) is 0 Å². The molecule has 0 bridgehead atoms. The van der Waals surface area contributed by atoms with Crippen molar-refractivity contribution < 1.29 is 49.4 Å². The number of hydrogen-bond acceptors (Lipinski definition) is 9. The van der Waals surface area contributed by atoms with Crippen molar-refractivity contribution in [2.75, 3.05) is 0 Å². The maximum absolute atomic E-state index is 10.3. The molecule has 0 saturated carbocycles. The van der Waals surface area contributed by atoms with Gasteiger partial charge in [0.05, 0.1) is 0 Å². The van der Waals surface area contributed by atoms with Crippen LogP contribution in [-0.2, 0) is 25.2 Å². The van der Waals surface area contributed by atoms with Gasteiger partial charge in [-0.3, -0.25) is 4.21 Å². The summed E-state index contributed by atoms with van der Waals surface area (Å²) in [5, 5.41) is 0. The summed E-state index contributed by atoms with van der Waals surface area (Å²) in [5.74, 6) is 0. The lowest BCUT2D eigenvalue weighted by molar-refractivity contribution is -0.120. The van der Waals surface area contributed by atoms with Gasteiger partial charge in [0.25, 0.3) is 0 Å². The Morgan fingerprint density at radius 1 is 1.00 bits per heavy atom. The Bertz CT molecular complexity index is 313. The average Bonchev–Trinajstić information content (AvgIpc) is 1.72. The average molecular weight is 296 g/mol. The second-order valence-electron chi connectivity index (χ2n) is 2.56. The van der Waals surface area contributed by atoms with E-state index in [-0.39, 0.29) is 0 Å². The van der Waals surface area contributed by atoms with E-state index in [2.05, 4.69) is 20.7 Å². The van der Waals surface area contributed by atoms with Gasteiger partial charge in [0, 0.05) is 0 Å². The lowest BCUT2D eigenvalue weighted by Gasteiger charge is -2.51. The molecule has 0 unspecified atom stereocenters. The van der Waals surface area contributed by atoms with Crippen molar-refractivity contribution in [3.05, 3.63) is 0 Å². The first kappa shape index (κ1) is 12.0. The van der Waals surface area contributed by atoms with E-state index in [9.17, 15) is 4.57 Å². The molecule has 2 saturated heterocycles. The fourth-order valence-corrected chi connectivity index (χ4v) is 10.5. The minimum atomic E-state index is -4.97. The van der Waals surface area contributed by atoms with Gasteiger partial charge in [-0.25, -0.2) is 4.57 Å². The van der Waals surface area contributed by atoms with E-state index in [4.69, 9.17) is 24.2 Å². The summed E-state index contributed by atoms with van der Waals surface area (Å²) < 4.78 is 31.6. The highest BCUT2D eigenvalue weighted by Gasteiger charge is 2.85. The molecule has 15 heavy (non-hydrogen) atoms. The Morgan fingerprint density at radius 3 is 1.80 bits per heavy atom. The van der Waals surface area contributed by atoms with Crippen molar-refractivity contribution in [3.8, 4) is 0 Å². The van der Waals surface area contributed by atoms with E-state index in [0.29, 0.717) is 0 Å². The van der Waals surface area contributed by atoms with Gasteiger partial charge < -0.3 is 40.6 Å². The normalized spacial score (nSPS) is 30.7. The Balaban J connectivity index is 1.90. The first-order valence-electron chi connectivity index (χ1n) is 3.27.